The minimum Gasteiger partial charge on any atom is -0.352 e. The maximum Gasteiger partial charge on any atom is 0.285 e. The van der Waals surface area contributed by atoms with E-state index in [1.807, 2.05) is 0 Å². The number of aryl methyl sites for hydroxylation is 1. The third-order valence-corrected chi connectivity index (χ3v) is 3.61. The Hall–Kier alpha value is -2.67. The SMILES string of the molecule is O=C(NCCCCn1cc([N+](=O)[O-])ccc1=O)c1cccc(Cl)c1. The highest BCUT2D eigenvalue weighted by Gasteiger charge is 2.08. The number of nitrogens with zero attached hydrogens (tertiary/aromatic N) is 2. The molecule has 1 heterocycles. The molecule has 8 heteroatoms. The van der Waals surface area contributed by atoms with Crippen molar-refractivity contribution in [3.05, 3.63) is 73.6 Å². The summed E-state index contributed by atoms with van der Waals surface area (Å²) in [6.07, 6.45) is 2.48. The second-order valence-corrected chi connectivity index (χ2v) is 5.59. The third-order valence-electron chi connectivity index (χ3n) is 3.38. The lowest BCUT2D eigenvalue weighted by Gasteiger charge is -2.07. The largest absolute Gasteiger partial charge is 0.352 e. The molecule has 24 heavy (non-hydrogen) atoms. The van der Waals surface area contributed by atoms with Crippen LogP contribution in [0.4, 0.5) is 5.69 Å². The summed E-state index contributed by atoms with van der Waals surface area (Å²) in [7, 11) is 0. The topological polar surface area (TPSA) is 94.2 Å². The Labute approximate surface area is 143 Å². The number of nitro groups is 1. The first-order valence-corrected chi connectivity index (χ1v) is 7.74. The highest BCUT2D eigenvalue weighted by molar-refractivity contribution is 6.30. The molecule has 1 N–H and O–H groups in total. The van der Waals surface area contributed by atoms with E-state index in [-0.39, 0.29) is 17.2 Å². The van der Waals surface area contributed by atoms with E-state index in [1.165, 1.54) is 22.9 Å². The van der Waals surface area contributed by atoms with E-state index in [0.29, 0.717) is 36.5 Å². The van der Waals surface area contributed by atoms with Crippen LogP contribution in [0.15, 0.2) is 47.4 Å². The minimum absolute atomic E-state index is 0.121. The number of nitrogens with one attached hydrogen (secondary N) is 1. The van der Waals surface area contributed by atoms with Crippen LogP contribution in [0.1, 0.15) is 23.2 Å². The van der Waals surface area contributed by atoms with Crippen molar-refractivity contribution in [3.63, 3.8) is 0 Å². The summed E-state index contributed by atoms with van der Waals surface area (Å²) >= 11 is 5.83. The second-order valence-electron chi connectivity index (χ2n) is 5.15. The van der Waals surface area contributed by atoms with E-state index in [4.69, 9.17) is 11.6 Å². The van der Waals surface area contributed by atoms with Crippen molar-refractivity contribution in [2.75, 3.05) is 6.54 Å². The summed E-state index contributed by atoms with van der Waals surface area (Å²) in [4.78, 5) is 33.7. The van der Waals surface area contributed by atoms with Crippen LogP contribution < -0.4 is 10.9 Å². The van der Waals surface area contributed by atoms with Crippen LogP contribution >= 0.6 is 11.6 Å². The fourth-order valence-electron chi connectivity index (χ4n) is 2.14. The molecule has 0 aliphatic rings. The highest BCUT2D eigenvalue weighted by atomic mass is 35.5. The fourth-order valence-corrected chi connectivity index (χ4v) is 2.33. The number of hydrogen-bond donors (Lipinski definition) is 1. The van der Waals surface area contributed by atoms with Gasteiger partial charge in [0.25, 0.3) is 17.2 Å². The summed E-state index contributed by atoms with van der Waals surface area (Å²) in [5.41, 5.74) is 0.0739. The molecule has 7 nitrogen and oxygen atoms in total. The van der Waals surface area contributed by atoms with Gasteiger partial charge in [0, 0.05) is 35.8 Å². The molecule has 2 rings (SSSR count). The van der Waals surface area contributed by atoms with Gasteiger partial charge in [-0.1, -0.05) is 17.7 Å². The normalized spacial score (nSPS) is 10.4. The molecule has 0 aliphatic carbocycles. The van der Waals surface area contributed by atoms with E-state index < -0.39 is 4.92 Å². The Bertz CT molecular complexity index is 804. The van der Waals surface area contributed by atoms with Gasteiger partial charge in [-0.05, 0) is 31.0 Å². The molecule has 0 fully saturated rings. The second kappa shape index (κ2) is 8.26. The van der Waals surface area contributed by atoms with E-state index >= 15 is 0 Å². The molecule has 0 saturated carbocycles. The fraction of sp³-hybridized carbons (Fsp3) is 0.250. The molecule has 0 bridgehead atoms. The van der Waals surface area contributed by atoms with Gasteiger partial charge >= 0.3 is 0 Å². The van der Waals surface area contributed by atoms with Crippen LogP contribution in [0.2, 0.25) is 5.02 Å². The van der Waals surface area contributed by atoms with Crippen molar-refractivity contribution >= 4 is 23.2 Å². The van der Waals surface area contributed by atoms with Crippen molar-refractivity contribution in [1.29, 1.82) is 0 Å². The van der Waals surface area contributed by atoms with Crippen LogP contribution in [-0.4, -0.2) is 21.9 Å². The Morgan fingerprint density at radius 2 is 2.04 bits per heavy atom. The monoisotopic (exact) mass is 349 g/mol. The molecule has 1 amide bonds. The molecule has 0 aliphatic heterocycles. The van der Waals surface area contributed by atoms with E-state index in [1.54, 1.807) is 24.3 Å². The molecule has 0 unspecified atom stereocenters. The van der Waals surface area contributed by atoms with Crippen molar-refractivity contribution < 1.29 is 9.72 Å². The molecular formula is C16H16ClN3O4. The van der Waals surface area contributed by atoms with Gasteiger partial charge in [0.15, 0.2) is 0 Å². The lowest BCUT2D eigenvalue weighted by Crippen LogP contribution is -2.25. The smallest absolute Gasteiger partial charge is 0.285 e. The molecule has 126 valence electrons. The molecular weight excluding hydrogens is 334 g/mol. The van der Waals surface area contributed by atoms with Gasteiger partial charge in [0.2, 0.25) is 0 Å². The number of halogens is 1. The van der Waals surface area contributed by atoms with Crippen molar-refractivity contribution in [3.8, 4) is 0 Å². The maximum absolute atomic E-state index is 11.9. The summed E-state index contributed by atoms with van der Waals surface area (Å²) in [5, 5.41) is 14.0. The lowest BCUT2D eigenvalue weighted by molar-refractivity contribution is -0.385. The maximum atomic E-state index is 11.9. The zero-order valence-corrected chi connectivity index (χ0v) is 13.5. The average molecular weight is 350 g/mol. The van der Waals surface area contributed by atoms with E-state index in [9.17, 15) is 19.7 Å². The van der Waals surface area contributed by atoms with Crippen LogP contribution in [0.5, 0.6) is 0 Å². The van der Waals surface area contributed by atoms with Crippen molar-refractivity contribution in [1.82, 2.24) is 9.88 Å². The Balaban J connectivity index is 1.79. The van der Waals surface area contributed by atoms with Crippen LogP contribution in [-0.2, 0) is 6.54 Å². The highest BCUT2D eigenvalue weighted by Crippen LogP contribution is 2.10. The van der Waals surface area contributed by atoms with Crippen molar-refractivity contribution in [2.24, 2.45) is 0 Å². The first kappa shape index (κ1) is 17.7. The summed E-state index contributed by atoms with van der Waals surface area (Å²) < 4.78 is 1.30. The number of hydrogen-bond acceptors (Lipinski definition) is 4. The van der Waals surface area contributed by atoms with Gasteiger partial charge in [-0.25, -0.2) is 0 Å². The molecule has 0 radical (unpaired) electrons. The van der Waals surface area contributed by atoms with Gasteiger partial charge in [-0.3, -0.25) is 19.7 Å². The number of carbonyl (C=O) groups is 1. The number of aromatic nitrogens is 1. The van der Waals surface area contributed by atoms with Gasteiger partial charge in [0.1, 0.15) is 0 Å². The van der Waals surface area contributed by atoms with E-state index in [2.05, 4.69) is 5.32 Å². The van der Waals surface area contributed by atoms with Crippen LogP contribution in [0, 0.1) is 10.1 Å². The standard InChI is InChI=1S/C16H16ClN3O4/c17-13-5-3-4-12(10-13)16(22)18-8-1-2-9-19-11-14(20(23)24)6-7-15(19)21/h3-7,10-11H,1-2,8-9H2,(H,18,22). The molecule has 0 atom stereocenters. The first-order chi connectivity index (χ1) is 11.5. The molecule has 1 aromatic heterocycles. The lowest BCUT2D eigenvalue weighted by atomic mass is 10.2. The number of pyridine rings is 1. The van der Waals surface area contributed by atoms with Gasteiger partial charge in [-0.15, -0.1) is 0 Å². The third kappa shape index (κ3) is 4.92. The quantitative estimate of drug-likeness (QED) is 0.472. The summed E-state index contributed by atoms with van der Waals surface area (Å²) in [6.45, 7) is 0.794. The van der Waals surface area contributed by atoms with Gasteiger partial charge < -0.3 is 9.88 Å². The Morgan fingerprint density at radius 3 is 2.75 bits per heavy atom. The number of amides is 1. The zero-order valence-electron chi connectivity index (χ0n) is 12.8. The number of rotatable bonds is 7. The Kier molecular flexibility index (Phi) is 6.08. The van der Waals surface area contributed by atoms with Gasteiger partial charge in [0.05, 0.1) is 11.1 Å². The molecule has 0 spiro atoms. The summed E-state index contributed by atoms with van der Waals surface area (Å²) in [6, 6.07) is 9.01. The number of benzene rings is 1. The van der Waals surface area contributed by atoms with Crippen molar-refractivity contribution in [2.45, 2.75) is 19.4 Å². The Morgan fingerprint density at radius 1 is 1.25 bits per heavy atom. The summed E-state index contributed by atoms with van der Waals surface area (Å²) in [5.74, 6) is -0.218. The predicted octanol–water partition coefficient (Wildman–Crippen LogP) is 2.62. The first-order valence-electron chi connectivity index (χ1n) is 7.36. The molecule has 2 aromatic rings. The molecule has 0 saturated heterocycles. The van der Waals surface area contributed by atoms with Crippen LogP contribution in [0.3, 0.4) is 0 Å². The average Bonchev–Trinajstić information content (AvgIpc) is 2.55. The minimum atomic E-state index is -0.541. The molecule has 1 aromatic carbocycles. The zero-order chi connectivity index (χ0) is 17.5. The number of unbranched alkanes of at least 4 members (excludes halogenated alkanes) is 1. The van der Waals surface area contributed by atoms with Gasteiger partial charge in [-0.2, -0.15) is 0 Å². The van der Waals surface area contributed by atoms with E-state index in [0.717, 1.165) is 0 Å². The number of carbonyl (C=O) groups excluding carboxylic acids is 1. The van der Waals surface area contributed by atoms with Crippen LogP contribution in [0.25, 0.3) is 0 Å². The predicted molar refractivity (Wildman–Crippen MR) is 90.4 cm³/mol.